The lowest BCUT2D eigenvalue weighted by Gasteiger charge is -2.23. The lowest BCUT2D eigenvalue weighted by atomic mass is 10.1. The number of nitrogens with one attached hydrogen (secondary N) is 1. The fourth-order valence-corrected chi connectivity index (χ4v) is 5.05. The van der Waals surface area contributed by atoms with Crippen LogP contribution in [-0.4, -0.2) is 42.8 Å². The number of carbonyl (C=O) groups is 1. The molecule has 2 aromatic rings. The molecule has 1 aliphatic heterocycles. The SMILES string of the molecule is CC(C)CCOc1cncc(CNC(=O)[C@@H]2CCCN2S(=O)(=O)c2ccc(F)cc2)c1. The lowest BCUT2D eigenvalue weighted by molar-refractivity contribution is -0.124. The van der Waals surface area contributed by atoms with Crippen molar-refractivity contribution in [3.63, 3.8) is 0 Å². The Morgan fingerprint density at radius 1 is 1.29 bits per heavy atom. The van der Waals surface area contributed by atoms with Crippen LogP contribution in [0.2, 0.25) is 0 Å². The molecule has 0 radical (unpaired) electrons. The quantitative estimate of drug-likeness (QED) is 0.636. The van der Waals surface area contributed by atoms with Crippen molar-refractivity contribution >= 4 is 15.9 Å². The van der Waals surface area contributed by atoms with Crippen molar-refractivity contribution in [1.82, 2.24) is 14.6 Å². The third kappa shape index (κ3) is 6.01. The molecule has 7 nitrogen and oxygen atoms in total. The van der Waals surface area contributed by atoms with Crippen molar-refractivity contribution in [2.45, 2.75) is 50.6 Å². The summed E-state index contributed by atoms with van der Waals surface area (Å²) in [6, 6.07) is 5.65. The molecule has 1 fully saturated rings. The van der Waals surface area contributed by atoms with Crippen LogP contribution < -0.4 is 10.1 Å². The highest BCUT2D eigenvalue weighted by molar-refractivity contribution is 7.89. The Morgan fingerprint density at radius 3 is 2.74 bits per heavy atom. The van der Waals surface area contributed by atoms with E-state index in [4.69, 9.17) is 4.74 Å². The summed E-state index contributed by atoms with van der Waals surface area (Å²) in [5, 5.41) is 2.80. The maximum absolute atomic E-state index is 13.2. The maximum atomic E-state index is 13.2. The van der Waals surface area contributed by atoms with Crippen LogP contribution >= 0.6 is 0 Å². The highest BCUT2D eigenvalue weighted by Crippen LogP contribution is 2.26. The van der Waals surface area contributed by atoms with Gasteiger partial charge in [-0.1, -0.05) is 13.8 Å². The van der Waals surface area contributed by atoms with Crippen LogP contribution in [-0.2, 0) is 21.4 Å². The van der Waals surface area contributed by atoms with Gasteiger partial charge in [-0.25, -0.2) is 12.8 Å². The first-order valence-corrected chi connectivity index (χ1v) is 11.8. The summed E-state index contributed by atoms with van der Waals surface area (Å²) in [5.41, 5.74) is 0.765. The van der Waals surface area contributed by atoms with Crippen molar-refractivity contribution in [3.05, 3.63) is 54.1 Å². The van der Waals surface area contributed by atoms with Gasteiger partial charge in [0.1, 0.15) is 17.6 Å². The highest BCUT2D eigenvalue weighted by Gasteiger charge is 2.39. The topological polar surface area (TPSA) is 88.6 Å². The number of benzene rings is 1. The van der Waals surface area contributed by atoms with Crippen molar-refractivity contribution in [2.75, 3.05) is 13.2 Å². The first-order valence-electron chi connectivity index (χ1n) is 10.4. The predicted molar refractivity (Wildman–Crippen MR) is 114 cm³/mol. The summed E-state index contributed by atoms with van der Waals surface area (Å²) >= 11 is 0. The number of aromatic nitrogens is 1. The Balaban J connectivity index is 1.62. The van der Waals surface area contributed by atoms with Crippen LogP contribution in [0.1, 0.15) is 38.7 Å². The number of hydrogen-bond donors (Lipinski definition) is 1. The molecule has 1 N–H and O–H groups in total. The molecule has 0 aliphatic carbocycles. The first kappa shape index (κ1) is 23.1. The molecule has 1 aliphatic rings. The Morgan fingerprint density at radius 2 is 2.03 bits per heavy atom. The Kier molecular flexibility index (Phi) is 7.61. The van der Waals surface area contributed by atoms with Crippen molar-refractivity contribution in [3.8, 4) is 5.75 Å². The van der Waals surface area contributed by atoms with E-state index in [2.05, 4.69) is 24.1 Å². The van der Waals surface area contributed by atoms with Crippen LogP contribution in [0, 0.1) is 11.7 Å². The van der Waals surface area contributed by atoms with Crippen molar-refractivity contribution in [2.24, 2.45) is 5.92 Å². The van der Waals surface area contributed by atoms with Gasteiger partial charge in [-0.2, -0.15) is 4.31 Å². The molecule has 0 bridgehead atoms. The van der Waals surface area contributed by atoms with Crippen molar-refractivity contribution in [1.29, 1.82) is 0 Å². The van der Waals surface area contributed by atoms with Gasteiger partial charge in [0.2, 0.25) is 15.9 Å². The number of amides is 1. The second-order valence-electron chi connectivity index (χ2n) is 8.01. The Labute approximate surface area is 182 Å². The van der Waals surface area contributed by atoms with Crippen LogP contribution in [0.25, 0.3) is 0 Å². The average molecular weight is 450 g/mol. The molecule has 0 spiro atoms. The summed E-state index contributed by atoms with van der Waals surface area (Å²) in [5.74, 6) is 0.290. The largest absolute Gasteiger partial charge is 0.492 e. The second kappa shape index (κ2) is 10.2. The normalized spacial score (nSPS) is 17.1. The molecule has 1 saturated heterocycles. The van der Waals surface area contributed by atoms with E-state index in [0.717, 1.165) is 24.1 Å². The zero-order chi connectivity index (χ0) is 22.4. The summed E-state index contributed by atoms with van der Waals surface area (Å²) in [6.07, 6.45) is 5.21. The monoisotopic (exact) mass is 449 g/mol. The lowest BCUT2D eigenvalue weighted by Crippen LogP contribution is -2.45. The van der Waals surface area contributed by atoms with E-state index in [1.54, 1.807) is 12.4 Å². The van der Waals surface area contributed by atoms with Crippen molar-refractivity contribution < 1.29 is 22.3 Å². The molecular weight excluding hydrogens is 421 g/mol. The fourth-order valence-electron chi connectivity index (χ4n) is 3.39. The number of sulfonamides is 1. The van der Waals surface area contributed by atoms with E-state index in [0.29, 0.717) is 31.1 Å². The number of nitrogens with zero attached hydrogens (tertiary/aromatic N) is 2. The van der Waals surface area contributed by atoms with Crippen LogP contribution in [0.15, 0.2) is 47.6 Å². The number of halogens is 1. The van der Waals surface area contributed by atoms with E-state index in [1.807, 2.05) is 6.07 Å². The highest BCUT2D eigenvalue weighted by atomic mass is 32.2. The van der Waals surface area contributed by atoms with Gasteiger partial charge in [0.25, 0.3) is 0 Å². The van der Waals surface area contributed by atoms with E-state index < -0.39 is 21.9 Å². The van der Waals surface area contributed by atoms with E-state index in [-0.39, 0.29) is 23.9 Å². The minimum atomic E-state index is -3.88. The minimum Gasteiger partial charge on any atom is -0.492 e. The van der Waals surface area contributed by atoms with E-state index >= 15 is 0 Å². The van der Waals surface area contributed by atoms with Crippen LogP contribution in [0.5, 0.6) is 5.75 Å². The smallest absolute Gasteiger partial charge is 0.243 e. The summed E-state index contributed by atoms with van der Waals surface area (Å²) in [6.45, 7) is 5.30. The molecule has 31 heavy (non-hydrogen) atoms. The third-order valence-electron chi connectivity index (χ3n) is 5.13. The molecule has 3 rings (SSSR count). The van der Waals surface area contributed by atoms with Crippen LogP contribution in [0.4, 0.5) is 4.39 Å². The molecule has 0 unspecified atom stereocenters. The molecule has 9 heteroatoms. The predicted octanol–water partition coefficient (Wildman–Crippen LogP) is 3.12. The molecule has 1 aromatic heterocycles. The zero-order valence-electron chi connectivity index (χ0n) is 17.8. The standard InChI is InChI=1S/C22H28FN3O4S/c1-16(2)9-11-30-19-12-17(13-24-15-19)14-25-22(27)21-4-3-10-26(21)31(28,29)20-7-5-18(23)6-8-20/h5-8,12-13,15-16,21H,3-4,9-11,14H2,1-2H3,(H,25,27)/t21-/m0/s1. The summed E-state index contributed by atoms with van der Waals surface area (Å²) < 4.78 is 45.9. The maximum Gasteiger partial charge on any atom is 0.243 e. The first-order chi connectivity index (χ1) is 14.8. The van der Waals surface area contributed by atoms with Gasteiger partial charge in [0.05, 0.1) is 17.7 Å². The minimum absolute atomic E-state index is 0.0240. The van der Waals surface area contributed by atoms with Crippen LogP contribution in [0.3, 0.4) is 0 Å². The zero-order valence-corrected chi connectivity index (χ0v) is 18.6. The van der Waals surface area contributed by atoms with Gasteiger partial charge in [0, 0.05) is 19.3 Å². The van der Waals surface area contributed by atoms with Gasteiger partial charge in [-0.3, -0.25) is 9.78 Å². The molecule has 1 atom stereocenters. The molecular formula is C22H28FN3O4S. The van der Waals surface area contributed by atoms with E-state index in [1.165, 1.54) is 16.4 Å². The summed E-state index contributed by atoms with van der Waals surface area (Å²) in [4.78, 5) is 16.9. The molecule has 168 valence electrons. The van der Waals surface area contributed by atoms with Gasteiger partial charge in [0.15, 0.2) is 0 Å². The van der Waals surface area contributed by atoms with E-state index in [9.17, 15) is 17.6 Å². The van der Waals surface area contributed by atoms with Gasteiger partial charge in [-0.05, 0) is 61.1 Å². The fraction of sp³-hybridized carbons (Fsp3) is 0.455. The Hall–Kier alpha value is -2.52. The number of rotatable bonds is 9. The average Bonchev–Trinajstić information content (AvgIpc) is 3.23. The number of hydrogen-bond acceptors (Lipinski definition) is 5. The van der Waals surface area contributed by atoms with Gasteiger partial charge < -0.3 is 10.1 Å². The molecule has 1 amide bonds. The Bertz CT molecular complexity index is 996. The van der Waals surface area contributed by atoms with Gasteiger partial charge >= 0.3 is 0 Å². The molecule has 0 saturated carbocycles. The number of pyridine rings is 1. The molecule has 1 aromatic carbocycles. The van der Waals surface area contributed by atoms with Gasteiger partial charge in [-0.15, -0.1) is 0 Å². The molecule has 2 heterocycles. The number of carbonyl (C=O) groups excluding carboxylic acids is 1. The third-order valence-corrected chi connectivity index (χ3v) is 7.05. The second-order valence-corrected chi connectivity index (χ2v) is 9.90. The summed E-state index contributed by atoms with van der Waals surface area (Å²) in [7, 11) is -3.88. The number of ether oxygens (including phenoxy) is 1.